The Balaban J connectivity index is 0.000000810. The fourth-order valence-electron chi connectivity index (χ4n) is 0.489. The van der Waals surface area contributed by atoms with E-state index in [1.165, 1.54) is 18.5 Å². The van der Waals surface area contributed by atoms with Crippen LogP contribution in [0.2, 0.25) is 0 Å². The number of carbonyl (C=O) groups is 1. The number of nitrogens with zero attached hydrogens (tertiary/aromatic N) is 1. The summed E-state index contributed by atoms with van der Waals surface area (Å²) >= 11 is 0. The second-order valence-electron chi connectivity index (χ2n) is 1.55. The maximum absolute atomic E-state index is 10.2. The maximum Gasteiger partial charge on any atom is 3.00 e. The first-order valence-corrected chi connectivity index (χ1v) is 2.44. The van der Waals surface area contributed by atoms with E-state index in [0.29, 0.717) is 0 Å². The zero-order valence-corrected chi connectivity index (χ0v) is 6.34. The summed E-state index contributed by atoms with van der Waals surface area (Å²) in [6, 6.07) is 3.08. The molecule has 3 nitrogen and oxygen atoms in total. The number of hydrogen-bond donors (Lipinski definition) is 1. The molecule has 0 fully saturated rings. The first kappa shape index (κ1) is 9.15. The largest absolute Gasteiger partial charge is 3.00 e. The first-order valence-electron chi connectivity index (χ1n) is 2.44. The zero-order chi connectivity index (χ0) is 6.69. The van der Waals surface area contributed by atoms with Gasteiger partial charge >= 0.3 is 23.3 Å². The molecule has 0 aromatic carbocycles. The normalized spacial score (nSPS) is 8.00. The topological polar surface area (TPSA) is 50.2 Å². The van der Waals surface area contributed by atoms with Gasteiger partial charge < -0.3 is 5.11 Å². The van der Waals surface area contributed by atoms with Gasteiger partial charge in [-0.2, -0.15) is 0 Å². The third-order valence-electron chi connectivity index (χ3n) is 0.908. The third kappa shape index (κ3) is 2.18. The van der Waals surface area contributed by atoms with Crippen LogP contribution in [0.25, 0.3) is 0 Å². The van der Waals surface area contributed by atoms with Crippen LogP contribution in [0.15, 0.2) is 24.5 Å². The minimum absolute atomic E-state index is 0. The standard InChI is InChI=1S/C6H5NO2.Al/c8-6(9)5-2-1-3-7-4-5;/h1-4H,(H,8,9);/q;+3. The van der Waals surface area contributed by atoms with Gasteiger partial charge in [-0.1, -0.05) is 0 Å². The zero-order valence-electron chi connectivity index (χ0n) is 5.19. The van der Waals surface area contributed by atoms with Crippen molar-refractivity contribution < 1.29 is 9.90 Å². The molecule has 0 aliphatic carbocycles. The summed E-state index contributed by atoms with van der Waals surface area (Å²) in [5.74, 6) is -0.942. The molecule has 1 heterocycles. The van der Waals surface area contributed by atoms with Crippen LogP contribution < -0.4 is 0 Å². The molecule has 0 bridgehead atoms. The Morgan fingerprint density at radius 1 is 1.60 bits per heavy atom. The minimum Gasteiger partial charge on any atom is -0.478 e. The van der Waals surface area contributed by atoms with Gasteiger partial charge in [-0.3, -0.25) is 4.98 Å². The van der Waals surface area contributed by atoms with E-state index < -0.39 is 5.97 Å². The SMILES string of the molecule is O=C(O)c1cccnc1.[Al+3]. The Labute approximate surface area is 68.8 Å². The fourth-order valence-corrected chi connectivity index (χ4v) is 0.489. The number of carboxylic acids is 1. The van der Waals surface area contributed by atoms with Gasteiger partial charge in [0.2, 0.25) is 0 Å². The summed E-state index contributed by atoms with van der Waals surface area (Å²) in [5, 5.41) is 8.34. The molecule has 0 saturated heterocycles. The van der Waals surface area contributed by atoms with Crippen LogP contribution in [0.5, 0.6) is 0 Å². The number of pyridine rings is 1. The van der Waals surface area contributed by atoms with E-state index >= 15 is 0 Å². The van der Waals surface area contributed by atoms with Crippen molar-refractivity contribution in [3.8, 4) is 0 Å². The molecule has 0 unspecified atom stereocenters. The first-order chi connectivity index (χ1) is 4.30. The number of aromatic nitrogens is 1. The monoisotopic (exact) mass is 150 g/mol. The van der Waals surface area contributed by atoms with Crippen LogP contribution in [-0.4, -0.2) is 33.4 Å². The Hall–Kier alpha value is -0.848. The average Bonchev–Trinajstić information content (AvgIpc) is 1.90. The van der Waals surface area contributed by atoms with Crippen LogP contribution in [0.1, 0.15) is 10.4 Å². The number of rotatable bonds is 1. The van der Waals surface area contributed by atoms with Crippen molar-refractivity contribution in [2.24, 2.45) is 0 Å². The molecular weight excluding hydrogens is 145 g/mol. The predicted octanol–water partition coefficient (Wildman–Crippen LogP) is 0.399. The van der Waals surface area contributed by atoms with Gasteiger partial charge in [0, 0.05) is 12.4 Å². The Morgan fingerprint density at radius 3 is 2.60 bits per heavy atom. The Morgan fingerprint density at radius 2 is 2.30 bits per heavy atom. The van der Waals surface area contributed by atoms with Crippen molar-refractivity contribution >= 4 is 23.3 Å². The maximum atomic E-state index is 10.2. The van der Waals surface area contributed by atoms with Crippen molar-refractivity contribution in [1.29, 1.82) is 0 Å². The van der Waals surface area contributed by atoms with E-state index in [1.807, 2.05) is 0 Å². The summed E-state index contributed by atoms with van der Waals surface area (Å²) in [7, 11) is 0. The molecule has 4 heteroatoms. The summed E-state index contributed by atoms with van der Waals surface area (Å²) < 4.78 is 0. The molecule has 1 N–H and O–H groups in total. The quantitative estimate of drug-likeness (QED) is 0.589. The van der Waals surface area contributed by atoms with E-state index in [2.05, 4.69) is 4.98 Å². The summed E-state index contributed by atoms with van der Waals surface area (Å²) in [6.45, 7) is 0. The minimum atomic E-state index is -0.942. The second kappa shape index (κ2) is 4.05. The van der Waals surface area contributed by atoms with Crippen molar-refractivity contribution in [2.75, 3.05) is 0 Å². The van der Waals surface area contributed by atoms with Crippen molar-refractivity contribution in [2.45, 2.75) is 0 Å². The van der Waals surface area contributed by atoms with Crippen molar-refractivity contribution in [3.05, 3.63) is 30.1 Å². The molecule has 0 radical (unpaired) electrons. The van der Waals surface area contributed by atoms with Crippen LogP contribution in [0.4, 0.5) is 0 Å². The third-order valence-corrected chi connectivity index (χ3v) is 0.908. The van der Waals surface area contributed by atoms with Gasteiger partial charge in [0.25, 0.3) is 0 Å². The van der Waals surface area contributed by atoms with Gasteiger partial charge in [0.05, 0.1) is 5.56 Å². The Kier molecular flexibility index (Phi) is 3.70. The fraction of sp³-hybridized carbons (Fsp3) is 0. The average molecular weight is 150 g/mol. The van der Waals surface area contributed by atoms with Gasteiger partial charge in [-0.15, -0.1) is 0 Å². The molecule has 10 heavy (non-hydrogen) atoms. The van der Waals surface area contributed by atoms with E-state index in [4.69, 9.17) is 5.11 Å². The molecule has 1 aromatic heterocycles. The van der Waals surface area contributed by atoms with Crippen molar-refractivity contribution in [1.82, 2.24) is 4.98 Å². The van der Waals surface area contributed by atoms with Crippen LogP contribution in [-0.2, 0) is 0 Å². The molecule has 0 aliphatic heterocycles. The van der Waals surface area contributed by atoms with E-state index in [0.717, 1.165) is 0 Å². The van der Waals surface area contributed by atoms with Crippen LogP contribution in [0, 0.1) is 0 Å². The number of hydrogen-bond acceptors (Lipinski definition) is 2. The smallest absolute Gasteiger partial charge is 0.478 e. The molecule has 1 aromatic rings. The van der Waals surface area contributed by atoms with Crippen LogP contribution >= 0.6 is 0 Å². The summed E-state index contributed by atoms with van der Waals surface area (Å²) in [4.78, 5) is 13.8. The van der Waals surface area contributed by atoms with Gasteiger partial charge in [0.1, 0.15) is 0 Å². The molecule has 46 valence electrons. The predicted molar refractivity (Wildman–Crippen MR) is 37.0 cm³/mol. The molecular formula is C6H5AlNO2+3. The van der Waals surface area contributed by atoms with Crippen molar-refractivity contribution in [3.63, 3.8) is 0 Å². The van der Waals surface area contributed by atoms with Gasteiger partial charge in [-0.05, 0) is 12.1 Å². The molecule has 0 aliphatic rings. The molecule has 0 atom stereocenters. The van der Waals surface area contributed by atoms with E-state index in [-0.39, 0.29) is 22.9 Å². The van der Waals surface area contributed by atoms with Gasteiger partial charge in [-0.25, -0.2) is 4.79 Å². The van der Waals surface area contributed by atoms with E-state index in [9.17, 15) is 4.79 Å². The molecule has 0 spiro atoms. The van der Waals surface area contributed by atoms with Crippen LogP contribution in [0.3, 0.4) is 0 Å². The second-order valence-corrected chi connectivity index (χ2v) is 1.55. The Bertz CT molecular complexity index is 212. The summed E-state index contributed by atoms with van der Waals surface area (Å²) in [5.41, 5.74) is 0.220. The molecule has 1 rings (SSSR count). The number of carboxylic acid groups (broad SMARTS) is 1. The molecule has 0 saturated carbocycles. The number of aromatic carboxylic acids is 1. The molecule has 0 amide bonds. The van der Waals surface area contributed by atoms with E-state index in [1.54, 1.807) is 6.07 Å². The summed E-state index contributed by atoms with van der Waals surface area (Å²) in [6.07, 6.45) is 2.84. The van der Waals surface area contributed by atoms with Gasteiger partial charge in [0.15, 0.2) is 0 Å².